The monoisotopic (exact) mass is 290 g/mol. The summed E-state index contributed by atoms with van der Waals surface area (Å²) in [6, 6.07) is 5.99. The molecule has 5 heteroatoms. The van der Waals surface area contributed by atoms with Gasteiger partial charge in [0.25, 0.3) is 0 Å². The summed E-state index contributed by atoms with van der Waals surface area (Å²) in [6.45, 7) is 6.09. The number of rotatable bonds is 3. The summed E-state index contributed by atoms with van der Waals surface area (Å²) in [5.74, 6) is 0.0431. The van der Waals surface area contributed by atoms with Gasteiger partial charge in [0, 0.05) is 24.2 Å². The Morgan fingerprint density at radius 1 is 1.33 bits per heavy atom. The number of carboxylic acid groups (broad SMARTS) is 1. The number of aryl methyl sites for hydroxylation is 1. The zero-order valence-electron chi connectivity index (χ0n) is 12.8. The van der Waals surface area contributed by atoms with E-state index in [0.29, 0.717) is 19.4 Å². The lowest BCUT2D eigenvalue weighted by Gasteiger charge is -2.33. The van der Waals surface area contributed by atoms with Crippen molar-refractivity contribution in [3.8, 4) is 0 Å². The number of nitrogens with zero attached hydrogens (tertiary/aromatic N) is 1. The van der Waals surface area contributed by atoms with Crippen molar-refractivity contribution < 1.29 is 14.7 Å². The molecule has 1 aromatic carbocycles. The van der Waals surface area contributed by atoms with Gasteiger partial charge in [-0.05, 0) is 50.8 Å². The van der Waals surface area contributed by atoms with E-state index in [1.807, 2.05) is 39.0 Å². The van der Waals surface area contributed by atoms with Gasteiger partial charge >= 0.3 is 6.09 Å². The van der Waals surface area contributed by atoms with E-state index < -0.39 is 11.6 Å². The SMILES string of the molecule is CC(C)(C)N(CCc1ccc2c(c1)NC(=O)CC2)C(=O)O. The second-order valence-electron chi connectivity index (χ2n) is 6.39. The fourth-order valence-corrected chi connectivity index (χ4v) is 2.53. The van der Waals surface area contributed by atoms with E-state index in [0.717, 1.165) is 23.2 Å². The van der Waals surface area contributed by atoms with Gasteiger partial charge in [-0.2, -0.15) is 0 Å². The molecule has 0 unspecified atom stereocenters. The molecular formula is C16H22N2O3. The van der Waals surface area contributed by atoms with Gasteiger partial charge < -0.3 is 15.3 Å². The Kier molecular flexibility index (Phi) is 4.21. The van der Waals surface area contributed by atoms with Crippen LogP contribution in [0.15, 0.2) is 18.2 Å². The lowest BCUT2D eigenvalue weighted by Crippen LogP contribution is -2.45. The summed E-state index contributed by atoms with van der Waals surface area (Å²) >= 11 is 0. The average Bonchev–Trinajstić information content (AvgIpc) is 2.36. The highest BCUT2D eigenvalue weighted by Gasteiger charge is 2.25. The van der Waals surface area contributed by atoms with Crippen LogP contribution < -0.4 is 5.32 Å². The number of fused-ring (bicyclic) bond motifs is 1. The lowest BCUT2D eigenvalue weighted by molar-refractivity contribution is -0.116. The maximum absolute atomic E-state index is 11.4. The number of hydrogen-bond donors (Lipinski definition) is 2. The molecule has 0 radical (unpaired) electrons. The van der Waals surface area contributed by atoms with E-state index in [4.69, 9.17) is 0 Å². The predicted molar refractivity (Wildman–Crippen MR) is 81.6 cm³/mol. The molecule has 0 saturated carbocycles. The third kappa shape index (κ3) is 3.74. The molecule has 2 amide bonds. The third-order valence-electron chi connectivity index (χ3n) is 3.73. The highest BCUT2D eigenvalue weighted by molar-refractivity contribution is 5.93. The van der Waals surface area contributed by atoms with Crippen LogP contribution in [0.25, 0.3) is 0 Å². The molecule has 0 bridgehead atoms. The molecule has 1 aromatic rings. The molecule has 0 fully saturated rings. The van der Waals surface area contributed by atoms with Gasteiger partial charge in [0.05, 0.1) is 0 Å². The van der Waals surface area contributed by atoms with Gasteiger partial charge in [-0.1, -0.05) is 12.1 Å². The molecule has 0 aliphatic carbocycles. The summed E-state index contributed by atoms with van der Waals surface area (Å²) in [4.78, 5) is 24.2. The summed E-state index contributed by atoms with van der Waals surface area (Å²) in [5, 5.41) is 12.2. The van der Waals surface area contributed by atoms with Crippen LogP contribution in [0.1, 0.15) is 38.3 Å². The number of anilines is 1. The van der Waals surface area contributed by atoms with E-state index in [1.54, 1.807) is 0 Å². The molecule has 1 aliphatic heterocycles. The Morgan fingerprint density at radius 2 is 2.05 bits per heavy atom. The van der Waals surface area contributed by atoms with Crippen molar-refractivity contribution in [3.63, 3.8) is 0 Å². The maximum atomic E-state index is 11.4. The van der Waals surface area contributed by atoms with E-state index in [9.17, 15) is 14.7 Å². The van der Waals surface area contributed by atoms with E-state index >= 15 is 0 Å². The minimum atomic E-state index is -0.909. The Bertz CT molecular complexity index is 561. The van der Waals surface area contributed by atoms with Crippen molar-refractivity contribution in [1.82, 2.24) is 4.90 Å². The van der Waals surface area contributed by atoms with Crippen LogP contribution in [0.3, 0.4) is 0 Å². The fourth-order valence-electron chi connectivity index (χ4n) is 2.53. The molecule has 1 aliphatic rings. The summed E-state index contributed by atoms with van der Waals surface area (Å²) < 4.78 is 0. The van der Waals surface area contributed by atoms with Crippen LogP contribution in [0.5, 0.6) is 0 Å². The smallest absolute Gasteiger partial charge is 0.407 e. The largest absolute Gasteiger partial charge is 0.465 e. The van der Waals surface area contributed by atoms with Gasteiger partial charge in [-0.25, -0.2) is 4.79 Å². The minimum Gasteiger partial charge on any atom is -0.465 e. The first-order valence-electron chi connectivity index (χ1n) is 7.19. The molecule has 5 nitrogen and oxygen atoms in total. The van der Waals surface area contributed by atoms with Crippen molar-refractivity contribution in [2.45, 2.75) is 45.6 Å². The Balaban J connectivity index is 2.08. The second-order valence-corrected chi connectivity index (χ2v) is 6.39. The Morgan fingerprint density at radius 3 is 2.67 bits per heavy atom. The zero-order valence-corrected chi connectivity index (χ0v) is 12.8. The molecule has 0 saturated heterocycles. The number of nitrogens with one attached hydrogen (secondary N) is 1. The first-order valence-corrected chi connectivity index (χ1v) is 7.19. The highest BCUT2D eigenvalue weighted by Crippen LogP contribution is 2.24. The molecule has 2 rings (SSSR count). The fraction of sp³-hybridized carbons (Fsp3) is 0.500. The lowest BCUT2D eigenvalue weighted by atomic mass is 9.99. The van der Waals surface area contributed by atoms with Crippen LogP contribution in [-0.2, 0) is 17.6 Å². The average molecular weight is 290 g/mol. The number of benzene rings is 1. The maximum Gasteiger partial charge on any atom is 0.407 e. The molecule has 114 valence electrons. The van der Waals surface area contributed by atoms with Crippen LogP contribution >= 0.6 is 0 Å². The van der Waals surface area contributed by atoms with Crippen LogP contribution in [0, 0.1) is 0 Å². The molecule has 2 N–H and O–H groups in total. The van der Waals surface area contributed by atoms with Gasteiger partial charge in [-0.3, -0.25) is 4.79 Å². The molecule has 1 heterocycles. The highest BCUT2D eigenvalue weighted by atomic mass is 16.4. The van der Waals surface area contributed by atoms with E-state index in [1.165, 1.54) is 4.90 Å². The molecule has 0 aromatic heterocycles. The van der Waals surface area contributed by atoms with Crippen molar-refractivity contribution in [1.29, 1.82) is 0 Å². The summed E-state index contributed by atoms with van der Waals surface area (Å²) in [6.07, 6.45) is 1.02. The van der Waals surface area contributed by atoms with Crippen LogP contribution in [0.2, 0.25) is 0 Å². The Labute approximate surface area is 125 Å². The number of carbonyl (C=O) groups is 2. The third-order valence-corrected chi connectivity index (χ3v) is 3.73. The van der Waals surface area contributed by atoms with Crippen molar-refractivity contribution in [2.24, 2.45) is 0 Å². The van der Waals surface area contributed by atoms with Gasteiger partial charge in [-0.15, -0.1) is 0 Å². The van der Waals surface area contributed by atoms with Crippen LogP contribution in [0.4, 0.5) is 10.5 Å². The number of amides is 2. The molecular weight excluding hydrogens is 268 g/mol. The number of carbonyl (C=O) groups excluding carboxylic acids is 1. The first kappa shape index (κ1) is 15.4. The predicted octanol–water partition coefficient (Wildman–Crippen LogP) is 2.89. The normalized spacial score (nSPS) is 14.3. The summed E-state index contributed by atoms with van der Waals surface area (Å²) in [5.41, 5.74) is 2.62. The van der Waals surface area contributed by atoms with Crippen molar-refractivity contribution in [3.05, 3.63) is 29.3 Å². The number of hydrogen-bond acceptors (Lipinski definition) is 2. The molecule has 0 spiro atoms. The Hall–Kier alpha value is -2.04. The standard InChI is InChI=1S/C16H22N2O3/c1-16(2,3)18(15(20)21)9-8-11-4-5-12-6-7-14(19)17-13(12)10-11/h4-5,10H,6-9H2,1-3H3,(H,17,19)(H,20,21). The summed E-state index contributed by atoms with van der Waals surface area (Å²) in [7, 11) is 0. The van der Waals surface area contributed by atoms with Gasteiger partial charge in [0.1, 0.15) is 0 Å². The zero-order chi connectivity index (χ0) is 15.6. The first-order chi connectivity index (χ1) is 9.77. The van der Waals surface area contributed by atoms with Crippen LogP contribution in [-0.4, -0.2) is 34.1 Å². The molecule has 0 atom stereocenters. The second kappa shape index (κ2) is 5.76. The van der Waals surface area contributed by atoms with E-state index in [-0.39, 0.29) is 5.91 Å². The van der Waals surface area contributed by atoms with Gasteiger partial charge in [0.2, 0.25) is 5.91 Å². The minimum absolute atomic E-state index is 0.0431. The van der Waals surface area contributed by atoms with Gasteiger partial charge in [0.15, 0.2) is 0 Å². The quantitative estimate of drug-likeness (QED) is 0.899. The molecule has 21 heavy (non-hydrogen) atoms. The van der Waals surface area contributed by atoms with Crippen molar-refractivity contribution >= 4 is 17.7 Å². The van der Waals surface area contributed by atoms with Crippen molar-refractivity contribution in [2.75, 3.05) is 11.9 Å². The topological polar surface area (TPSA) is 69.6 Å². The van der Waals surface area contributed by atoms with E-state index in [2.05, 4.69) is 5.32 Å².